The molecule has 3 nitrogen and oxygen atoms in total. The van der Waals surface area contributed by atoms with Gasteiger partial charge in [-0.25, -0.2) is 0 Å². The number of methoxy groups -OCH3 is 1. The van der Waals surface area contributed by atoms with Crippen LogP contribution >= 0.6 is 11.6 Å². The molecule has 0 fully saturated rings. The number of ketones is 1. The minimum absolute atomic E-state index is 0.241. The van der Waals surface area contributed by atoms with Gasteiger partial charge in [-0.2, -0.15) is 5.26 Å². The molecule has 4 heteroatoms. The van der Waals surface area contributed by atoms with Gasteiger partial charge in [-0.3, -0.25) is 4.79 Å². The zero-order valence-electron chi connectivity index (χ0n) is 10.8. The minimum atomic E-state index is -0.831. The van der Waals surface area contributed by atoms with Gasteiger partial charge >= 0.3 is 0 Å². The summed E-state index contributed by atoms with van der Waals surface area (Å²) in [4.78, 5) is 12.3. The van der Waals surface area contributed by atoms with Crippen molar-refractivity contribution in [2.24, 2.45) is 0 Å². The van der Waals surface area contributed by atoms with E-state index in [2.05, 4.69) is 0 Å². The van der Waals surface area contributed by atoms with Gasteiger partial charge in [0.15, 0.2) is 5.78 Å². The van der Waals surface area contributed by atoms with Crippen molar-refractivity contribution in [1.82, 2.24) is 0 Å². The largest absolute Gasteiger partial charge is 0.497 e. The van der Waals surface area contributed by atoms with Gasteiger partial charge in [0.1, 0.15) is 11.7 Å². The molecular formula is C16H12ClNO2. The lowest BCUT2D eigenvalue weighted by molar-refractivity contribution is 0.0979. The Morgan fingerprint density at radius 1 is 1.15 bits per heavy atom. The number of nitriles is 1. The monoisotopic (exact) mass is 285 g/mol. The van der Waals surface area contributed by atoms with Crippen LogP contribution in [0.4, 0.5) is 0 Å². The van der Waals surface area contributed by atoms with Crippen LogP contribution in [-0.2, 0) is 0 Å². The third-order valence-corrected chi connectivity index (χ3v) is 3.22. The summed E-state index contributed by atoms with van der Waals surface area (Å²) >= 11 is 5.79. The predicted octanol–water partition coefficient (Wildman–Crippen LogP) is 3.84. The molecule has 2 aromatic rings. The number of rotatable bonds is 4. The molecule has 0 heterocycles. The van der Waals surface area contributed by atoms with Crippen molar-refractivity contribution < 1.29 is 9.53 Å². The summed E-state index contributed by atoms with van der Waals surface area (Å²) < 4.78 is 5.06. The van der Waals surface area contributed by atoms with E-state index in [-0.39, 0.29) is 5.78 Å². The average molecular weight is 286 g/mol. The van der Waals surface area contributed by atoms with Crippen molar-refractivity contribution in [2.75, 3.05) is 7.11 Å². The van der Waals surface area contributed by atoms with Crippen LogP contribution in [0.3, 0.4) is 0 Å². The van der Waals surface area contributed by atoms with Crippen LogP contribution in [-0.4, -0.2) is 12.9 Å². The van der Waals surface area contributed by atoms with E-state index in [0.29, 0.717) is 21.9 Å². The van der Waals surface area contributed by atoms with Crippen molar-refractivity contribution in [1.29, 1.82) is 5.26 Å². The molecule has 20 heavy (non-hydrogen) atoms. The van der Waals surface area contributed by atoms with Gasteiger partial charge < -0.3 is 4.74 Å². The molecule has 0 amide bonds. The molecule has 0 spiro atoms. The molecule has 0 radical (unpaired) electrons. The summed E-state index contributed by atoms with van der Waals surface area (Å²) in [5, 5.41) is 9.82. The molecule has 0 bridgehead atoms. The lowest BCUT2D eigenvalue weighted by Gasteiger charge is -2.09. The van der Waals surface area contributed by atoms with Crippen LogP contribution in [0.5, 0.6) is 5.75 Å². The Morgan fingerprint density at radius 2 is 1.75 bits per heavy atom. The Kier molecular flexibility index (Phi) is 4.39. The van der Waals surface area contributed by atoms with E-state index in [1.165, 1.54) is 0 Å². The molecule has 1 atom stereocenters. The molecule has 0 aliphatic carbocycles. The van der Waals surface area contributed by atoms with E-state index in [0.717, 1.165) is 0 Å². The first-order valence-corrected chi connectivity index (χ1v) is 6.37. The third kappa shape index (κ3) is 2.98. The van der Waals surface area contributed by atoms with E-state index < -0.39 is 5.92 Å². The maximum absolute atomic E-state index is 12.3. The van der Waals surface area contributed by atoms with Crippen molar-refractivity contribution in [3.05, 3.63) is 64.7 Å². The van der Waals surface area contributed by atoms with Crippen LogP contribution in [0.15, 0.2) is 48.5 Å². The molecule has 1 unspecified atom stereocenters. The fraction of sp³-hybridized carbons (Fsp3) is 0.125. The summed E-state index contributed by atoms with van der Waals surface area (Å²) in [5.74, 6) is -0.388. The number of hydrogen-bond acceptors (Lipinski definition) is 3. The number of carbonyl (C=O) groups is 1. The fourth-order valence-electron chi connectivity index (χ4n) is 1.86. The Morgan fingerprint density at radius 3 is 2.25 bits per heavy atom. The second kappa shape index (κ2) is 6.23. The van der Waals surface area contributed by atoms with Crippen LogP contribution in [0, 0.1) is 11.3 Å². The van der Waals surface area contributed by atoms with E-state index in [1.54, 1.807) is 55.6 Å². The summed E-state index contributed by atoms with van der Waals surface area (Å²) in [7, 11) is 1.57. The van der Waals surface area contributed by atoms with Crippen LogP contribution in [0.2, 0.25) is 5.02 Å². The summed E-state index contributed by atoms with van der Waals surface area (Å²) in [6.07, 6.45) is 0. The Labute approximate surface area is 122 Å². The SMILES string of the molecule is COc1ccc(C(C#N)C(=O)c2ccc(Cl)cc2)cc1. The van der Waals surface area contributed by atoms with Crippen LogP contribution in [0.25, 0.3) is 0 Å². The quantitative estimate of drug-likeness (QED) is 0.802. The number of carbonyl (C=O) groups excluding carboxylic acids is 1. The first kappa shape index (κ1) is 14.1. The van der Waals surface area contributed by atoms with Crippen molar-refractivity contribution in [2.45, 2.75) is 5.92 Å². The van der Waals surface area contributed by atoms with E-state index in [1.807, 2.05) is 6.07 Å². The zero-order valence-corrected chi connectivity index (χ0v) is 11.6. The molecule has 0 aromatic heterocycles. The van der Waals surface area contributed by atoms with Crippen molar-refractivity contribution in [3.8, 4) is 11.8 Å². The van der Waals surface area contributed by atoms with E-state index in [4.69, 9.17) is 16.3 Å². The molecule has 2 aromatic carbocycles. The molecule has 0 aliphatic rings. The van der Waals surface area contributed by atoms with Gasteiger partial charge in [0.2, 0.25) is 0 Å². The Bertz CT molecular complexity index is 642. The highest BCUT2D eigenvalue weighted by atomic mass is 35.5. The predicted molar refractivity (Wildman–Crippen MR) is 77.1 cm³/mol. The normalized spacial score (nSPS) is 11.4. The van der Waals surface area contributed by atoms with Crippen LogP contribution < -0.4 is 4.74 Å². The average Bonchev–Trinajstić information content (AvgIpc) is 2.49. The van der Waals surface area contributed by atoms with Crippen molar-refractivity contribution >= 4 is 17.4 Å². The summed E-state index contributed by atoms with van der Waals surface area (Å²) in [6.45, 7) is 0. The number of nitrogens with zero attached hydrogens (tertiary/aromatic N) is 1. The first-order valence-electron chi connectivity index (χ1n) is 5.99. The van der Waals surface area contributed by atoms with Gasteiger partial charge in [-0.05, 0) is 42.0 Å². The maximum Gasteiger partial charge on any atom is 0.184 e. The lowest BCUT2D eigenvalue weighted by atomic mass is 9.92. The standard InChI is InChI=1S/C16H12ClNO2/c1-20-14-8-4-11(5-9-14)15(10-18)16(19)12-2-6-13(17)7-3-12/h2-9,15H,1H3. The highest BCUT2D eigenvalue weighted by Gasteiger charge is 2.21. The molecule has 0 N–H and O–H groups in total. The van der Waals surface area contributed by atoms with Gasteiger partial charge in [0.05, 0.1) is 13.2 Å². The lowest BCUT2D eigenvalue weighted by Crippen LogP contribution is -2.11. The Hall–Kier alpha value is -2.31. The molecule has 0 saturated heterocycles. The summed E-state index contributed by atoms with van der Waals surface area (Å²) in [5.41, 5.74) is 1.12. The van der Waals surface area contributed by atoms with Gasteiger partial charge in [-0.1, -0.05) is 23.7 Å². The van der Waals surface area contributed by atoms with E-state index >= 15 is 0 Å². The minimum Gasteiger partial charge on any atom is -0.497 e. The fourth-order valence-corrected chi connectivity index (χ4v) is 1.99. The van der Waals surface area contributed by atoms with Crippen LogP contribution in [0.1, 0.15) is 21.8 Å². The molecule has 2 rings (SSSR count). The van der Waals surface area contributed by atoms with Gasteiger partial charge in [0, 0.05) is 10.6 Å². The van der Waals surface area contributed by atoms with Crippen molar-refractivity contribution in [3.63, 3.8) is 0 Å². The van der Waals surface area contributed by atoms with Gasteiger partial charge in [-0.15, -0.1) is 0 Å². The number of benzene rings is 2. The Balaban J connectivity index is 2.29. The number of Topliss-reactive ketones (excluding diaryl/α,β-unsaturated/α-hetero) is 1. The molecular weight excluding hydrogens is 274 g/mol. The third-order valence-electron chi connectivity index (χ3n) is 2.97. The maximum atomic E-state index is 12.3. The van der Waals surface area contributed by atoms with E-state index in [9.17, 15) is 10.1 Å². The number of halogens is 1. The second-order valence-electron chi connectivity index (χ2n) is 4.21. The number of ether oxygens (including phenoxy) is 1. The molecule has 0 saturated carbocycles. The highest BCUT2D eigenvalue weighted by Crippen LogP contribution is 2.23. The number of hydrogen-bond donors (Lipinski definition) is 0. The molecule has 100 valence electrons. The van der Waals surface area contributed by atoms with Gasteiger partial charge in [0.25, 0.3) is 0 Å². The second-order valence-corrected chi connectivity index (χ2v) is 4.64. The topological polar surface area (TPSA) is 50.1 Å². The highest BCUT2D eigenvalue weighted by molar-refractivity contribution is 6.30. The smallest absolute Gasteiger partial charge is 0.184 e. The summed E-state index contributed by atoms with van der Waals surface area (Å²) in [6, 6.07) is 15.5. The molecule has 0 aliphatic heterocycles. The first-order chi connectivity index (χ1) is 9.65. The zero-order chi connectivity index (χ0) is 14.5.